The van der Waals surface area contributed by atoms with Gasteiger partial charge in [-0.15, -0.1) is 0 Å². The van der Waals surface area contributed by atoms with E-state index in [0.717, 1.165) is 19.1 Å². The summed E-state index contributed by atoms with van der Waals surface area (Å²) >= 11 is 0. The van der Waals surface area contributed by atoms with Crippen molar-refractivity contribution < 1.29 is 19.1 Å². The fraction of sp³-hybridized carbons (Fsp3) is 0.833. The van der Waals surface area contributed by atoms with Crippen molar-refractivity contribution in [1.82, 2.24) is 14.7 Å². The van der Waals surface area contributed by atoms with Crippen LogP contribution in [0.4, 0.5) is 4.79 Å². The molecule has 2 saturated heterocycles. The third kappa shape index (κ3) is 5.70. The molecule has 2 heterocycles. The van der Waals surface area contributed by atoms with Gasteiger partial charge < -0.3 is 19.3 Å². The van der Waals surface area contributed by atoms with E-state index in [9.17, 15) is 14.4 Å². The number of hydrogen-bond acceptors (Lipinski definition) is 5. The minimum Gasteiger partial charge on any atom is -0.444 e. The average molecular weight is 353 g/mol. The molecule has 0 bridgehead atoms. The zero-order valence-electron chi connectivity index (χ0n) is 15.9. The van der Waals surface area contributed by atoms with Crippen molar-refractivity contribution >= 4 is 18.3 Å². The Morgan fingerprint density at radius 2 is 1.72 bits per heavy atom. The lowest BCUT2D eigenvalue weighted by Crippen LogP contribution is -2.56. The maximum atomic E-state index is 12.5. The first-order valence-corrected chi connectivity index (χ1v) is 9.14. The van der Waals surface area contributed by atoms with Crippen molar-refractivity contribution in [2.75, 3.05) is 39.3 Å². The molecule has 2 aliphatic rings. The number of piperidine rings is 1. The van der Waals surface area contributed by atoms with Gasteiger partial charge in [0.05, 0.1) is 6.54 Å². The van der Waals surface area contributed by atoms with Gasteiger partial charge in [0.25, 0.3) is 0 Å². The van der Waals surface area contributed by atoms with E-state index in [1.165, 1.54) is 0 Å². The Morgan fingerprint density at radius 3 is 2.24 bits per heavy atom. The van der Waals surface area contributed by atoms with Crippen molar-refractivity contribution in [2.45, 2.75) is 52.2 Å². The quantitative estimate of drug-likeness (QED) is 0.717. The molecule has 2 fully saturated rings. The predicted molar refractivity (Wildman–Crippen MR) is 94.2 cm³/mol. The zero-order valence-corrected chi connectivity index (χ0v) is 15.9. The fourth-order valence-corrected chi connectivity index (χ4v) is 3.28. The molecule has 142 valence electrons. The van der Waals surface area contributed by atoms with Crippen LogP contribution in [0.15, 0.2) is 0 Å². The van der Waals surface area contributed by atoms with Crippen LogP contribution in [0.3, 0.4) is 0 Å². The third-order valence-corrected chi connectivity index (χ3v) is 4.84. The second-order valence-electron chi connectivity index (χ2n) is 8.10. The Hall–Kier alpha value is -1.63. The van der Waals surface area contributed by atoms with E-state index in [1.807, 2.05) is 32.6 Å². The van der Waals surface area contributed by atoms with Gasteiger partial charge in [-0.25, -0.2) is 4.79 Å². The lowest BCUT2D eigenvalue weighted by atomic mass is 9.98. The van der Waals surface area contributed by atoms with Crippen molar-refractivity contribution in [3.8, 4) is 0 Å². The molecular formula is C18H31N3O4. The smallest absolute Gasteiger partial charge is 0.410 e. The summed E-state index contributed by atoms with van der Waals surface area (Å²) in [5.41, 5.74) is -0.499. The molecule has 0 saturated carbocycles. The van der Waals surface area contributed by atoms with E-state index in [-0.39, 0.29) is 24.0 Å². The summed E-state index contributed by atoms with van der Waals surface area (Å²) < 4.78 is 5.42. The monoisotopic (exact) mass is 353 g/mol. The van der Waals surface area contributed by atoms with Gasteiger partial charge in [-0.1, -0.05) is 0 Å². The van der Waals surface area contributed by atoms with Crippen LogP contribution >= 0.6 is 0 Å². The molecule has 2 rings (SSSR count). The summed E-state index contributed by atoms with van der Waals surface area (Å²) in [4.78, 5) is 41.2. The summed E-state index contributed by atoms with van der Waals surface area (Å²) in [6, 6.07) is 0.109. The number of carbonyl (C=O) groups excluding carboxylic acids is 3. The van der Waals surface area contributed by atoms with E-state index in [0.29, 0.717) is 39.3 Å². The summed E-state index contributed by atoms with van der Waals surface area (Å²) in [5.74, 6) is 0.210. The molecule has 0 aromatic rings. The number of nitrogens with zero attached hydrogens (tertiary/aromatic N) is 3. The standard InChI is InChI=1S/C18H31N3O4/c1-14-11-21(17(24)25-18(2,3)4)10-9-20(14)12-16(23)19-7-5-15(13-22)6-8-19/h13-15H,5-12H2,1-4H3/t14-/m0/s1. The lowest BCUT2D eigenvalue weighted by molar-refractivity contribution is -0.135. The van der Waals surface area contributed by atoms with Gasteiger partial charge in [0, 0.05) is 44.7 Å². The fourth-order valence-electron chi connectivity index (χ4n) is 3.28. The molecule has 2 aliphatic heterocycles. The molecule has 0 spiro atoms. The number of hydrogen-bond donors (Lipinski definition) is 0. The number of likely N-dealkylation sites (tertiary alicyclic amines) is 1. The zero-order chi connectivity index (χ0) is 18.6. The summed E-state index contributed by atoms with van der Waals surface area (Å²) in [6.07, 6.45) is 2.23. The Labute approximate surface area is 150 Å². The lowest BCUT2D eigenvalue weighted by Gasteiger charge is -2.40. The molecule has 0 unspecified atom stereocenters. The maximum absolute atomic E-state index is 12.5. The first-order chi connectivity index (χ1) is 11.7. The normalized spacial score (nSPS) is 23.4. The molecular weight excluding hydrogens is 322 g/mol. The molecule has 0 aliphatic carbocycles. The molecule has 0 aromatic carbocycles. The first-order valence-electron chi connectivity index (χ1n) is 9.14. The number of piperazine rings is 1. The van der Waals surface area contributed by atoms with E-state index in [1.54, 1.807) is 4.90 Å². The molecule has 25 heavy (non-hydrogen) atoms. The Kier molecular flexibility index (Phi) is 6.43. The number of ether oxygens (including phenoxy) is 1. The van der Waals surface area contributed by atoms with E-state index >= 15 is 0 Å². The molecule has 0 radical (unpaired) electrons. The van der Waals surface area contributed by atoms with Crippen LogP contribution in [-0.4, -0.2) is 83.9 Å². The largest absolute Gasteiger partial charge is 0.444 e. The maximum Gasteiger partial charge on any atom is 0.410 e. The molecule has 0 N–H and O–H groups in total. The van der Waals surface area contributed by atoms with E-state index < -0.39 is 5.60 Å². The summed E-state index contributed by atoms with van der Waals surface area (Å²) in [5, 5.41) is 0. The van der Waals surface area contributed by atoms with Crippen molar-refractivity contribution in [1.29, 1.82) is 0 Å². The highest BCUT2D eigenvalue weighted by Gasteiger charge is 2.32. The van der Waals surface area contributed by atoms with Crippen molar-refractivity contribution in [3.05, 3.63) is 0 Å². The Balaban J connectivity index is 1.80. The Morgan fingerprint density at radius 1 is 1.08 bits per heavy atom. The molecule has 0 aromatic heterocycles. The third-order valence-electron chi connectivity index (χ3n) is 4.84. The second-order valence-corrected chi connectivity index (χ2v) is 8.10. The highest BCUT2D eigenvalue weighted by molar-refractivity contribution is 5.78. The van der Waals surface area contributed by atoms with Gasteiger partial charge >= 0.3 is 6.09 Å². The highest BCUT2D eigenvalue weighted by Crippen LogP contribution is 2.17. The van der Waals surface area contributed by atoms with Gasteiger partial charge in [-0.3, -0.25) is 9.69 Å². The summed E-state index contributed by atoms with van der Waals surface area (Å²) in [7, 11) is 0. The minimum absolute atomic E-state index is 0.0975. The summed E-state index contributed by atoms with van der Waals surface area (Å²) in [6.45, 7) is 11.1. The van der Waals surface area contributed by atoms with Gasteiger partial charge in [-0.2, -0.15) is 0 Å². The number of rotatable bonds is 3. The van der Waals surface area contributed by atoms with Crippen LogP contribution in [0, 0.1) is 5.92 Å². The van der Waals surface area contributed by atoms with Gasteiger partial charge in [0.15, 0.2) is 0 Å². The average Bonchev–Trinajstić information content (AvgIpc) is 2.55. The first kappa shape index (κ1) is 19.7. The molecule has 1 atom stereocenters. The van der Waals surface area contributed by atoms with Crippen LogP contribution in [0.2, 0.25) is 0 Å². The van der Waals surface area contributed by atoms with E-state index in [2.05, 4.69) is 4.90 Å². The molecule has 7 heteroatoms. The second kappa shape index (κ2) is 8.17. The predicted octanol–water partition coefficient (Wildman–Crippen LogP) is 1.37. The minimum atomic E-state index is -0.499. The van der Waals surface area contributed by atoms with Gasteiger partial charge in [0.2, 0.25) is 5.91 Å². The van der Waals surface area contributed by atoms with Crippen LogP contribution in [0.25, 0.3) is 0 Å². The van der Waals surface area contributed by atoms with Crippen molar-refractivity contribution in [2.24, 2.45) is 5.92 Å². The van der Waals surface area contributed by atoms with Crippen LogP contribution in [-0.2, 0) is 14.3 Å². The number of aldehydes is 1. The van der Waals surface area contributed by atoms with Crippen molar-refractivity contribution in [3.63, 3.8) is 0 Å². The number of amides is 2. The van der Waals surface area contributed by atoms with Gasteiger partial charge in [0.1, 0.15) is 11.9 Å². The Bertz CT molecular complexity index is 495. The van der Waals surface area contributed by atoms with Gasteiger partial charge in [-0.05, 0) is 40.5 Å². The molecule has 2 amide bonds. The van der Waals surface area contributed by atoms with Crippen LogP contribution < -0.4 is 0 Å². The molecule has 7 nitrogen and oxygen atoms in total. The van der Waals surface area contributed by atoms with Crippen LogP contribution in [0.5, 0.6) is 0 Å². The SMILES string of the molecule is C[C@H]1CN(C(=O)OC(C)(C)C)CCN1CC(=O)N1CCC(C=O)CC1. The topological polar surface area (TPSA) is 70.2 Å². The number of carbonyl (C=O) groups is 3. The highest BCUT2D eigenvalue weighted by atomic mass is 16.6. The van der Waals surface area contributed by atoms with E-state index in [4.69, 9.17) is 4.74 Å². The van der Waals surface area contributed by atoms with Crippen LogP contribution in [0.1, 0.15) is 40.5 Å².